The maximum atomic E-state index is 12.7. The molecule has 1 N–H and O–H groups in total. The lowest BCUT2D eigenvalue weighted by Crippen LogP contribution is -2.31. The third-order valence-corrected chi connectivity index (χ3v) is 6.61. The van der Waals surface area contributed by atoms with Gasteiger partial charge in [0, 0.05) is 34.4 Å². The van der Waals surface area contributed by atoms with Crippen LogP contribution in [0.1, 0.15) is 22.9 Å². The Balaban J connectivity index is 1.41. The van der Waals surface area contributed by atoms with Gasteiger partial charge in [-0.1, -0.05) is 36.4 Å². The third kappa shape index (κ3) is 3.59. The van der Waals surface area contributed by atoms with Crippen LogP contribution in [-0.4, -0.2) is 10.6 Å². The first-order valence-electron chi connectivity index (χ1n) is 9.85. The number of hydrogen-bond donors (Lipinski definition) is 1. The van der Waals surface area contributed by atoms with E-state index < -0.39 is 0 Å². The van der Waals surface area contributed by atoms with Crippen molar-refractivity contribution in [1.82, 2.24) is 9.88 Å². The van der Waals surface area contributed by atoms with Crippen molar-refractivity contribution in [3.8, 4) is 11.4 Å². The van der Waals surface area contributed by atoms with Crippen molar-refractivity contribution in [1.29, 1.82) is 0 Å². The van der Waals surface area contributed by atoms with Gasteiger partial charge in [0.15, 0.2) is 0 Å². The molecule has 5 rings (SSSR count). The first-order chi connectivity index (χ1) is 14.2. The van der Waals surface area contributed by atoms with Gasteiger partial charge in [-0.05, 0) is 48.1 Å². The van der Waals surface area contributed by atoms with Crippen molar-refractivity contribution in [3.05, 3.63) is 93.2 Å². The topological polar surface area (TPSA) is 43.3 Å². The number of benzene rings is 2. The van der Waals surface area contributed by atoms with Gasteiger partial charge in [-0.3, -0.25) is 9.36 Å². The van der Waals surface area contributed by atoms with Gasteiger partial charge in [0.1, 0.15) is 12.4 Å². The summed E-state index contributed by atoms with van der Waals surface area (Å²) < 4.78 is 8.69. The van der Waals surface area contributed by atoms with E-state index in [4.69, 9.17) is 4.74 Å². The molecule has 4 nitrogen and oxygen atoms in total. The Kier molecular flexibility index (Phi) is 4.70. The molecule has 1 aliphatic rings. The van der Waals surface area contributed by atoms with E-state index in [1.54, 1.807) is 16.8 Å². The van der Waals surface area contributed by atoms with Crippen LogP contribution in [0.4, 0.5) is 0 Å². The second-order valence-electron chi connectivity index (χ2n) is 7.52. The summed E-state index contributed by atoms with van der Waals surface area (Å²) in [6, 6.07) is 20.2. The van der Waals surface area contributed by atoms with Crippen molar-refractivity contribution in [2.24, 2.45) is 0 Å². The average Bonchev–Trinajstić information content (AvgIpc) is 3.09. The summed E-state index contributed by atoms with van der Waals surface area (Å²) in [5, 5.41) is 4.83. The fourth-order valence-electron chi connectivity index (χ4n) is 3.83. The van der Waals surface area contributed by atoms with Crippen LogP contribution < -0.4 is 15.6 Å². The summed E-state index contributed by atoms with van der Waals surface area (Å²) >= 11 is 1.85. The third-order valence-electron chi connectivity index (χ3n) is 5.40. The lowest BCUT2D eigenvalue weighted by molar-refractivity contribution is 0.305. The van der Waals surface area contributed by atoms with E-state index >= 15 is 0 Å². The normalized spacial score (nSPS) is 16.0. The highest BCUT2D eigenvalue weighted by molar-refractivity contribution is 7.19. The molecule has 0 aliphatic carbocycles. The number of thiophene rings is 1. The SMILES string of the molecule is CC1Cc2sc3cc(-n4ccc(OCc5ccccc5)cc4=O)ccc3c2CN1. The summed E-state index contributed by atoms with van der Waals surface area (Å²) in [5.41, 5.74) is 3.28. The Labute approximate surface area is 173 Å². The number of nitrogens with zero attached hydrogens (tertiary/aromatic N) is 1. The summed E-state index contributed by atoms with van der Waals surface area (Å²) in [6.45, 7) is 3.59. The van der Waals surface area contributed by atoms with Crippen molar-refractivity contribution < 1.29 is 4.74 Å². The zero-order valence-electron chi connectivity index (χ0n) is 16.2. The van der Waals surface area contributed by atoms with Crippen LogP contribution in [0.2, 0.25) is 0 Å². The lowest BCUT2D eigenvalue weighted by atomic mass is 10.0. The van der Waals surface area contributed by atoms with Crippen LogP contribution in [0.3, 0.4) is 0 Å². The van der Waals surface area contributed by atoms with Gasteiger partial charge in [-0.2, -0.15) is 0 Å². The molecule has 1 unspecified atom stereocenters. The zero-order chi connectivity index (χ0) is 19.8. The fraction of sp³-hybridized carbons (Fsp3) is 0.208. The molecule has 0 fully saturated rings. The lowest BCUT2D eigenvalue weighted by Gasteiger charge is -2.19. The van der Waals surface area contributed by atoms with Gasteiger partial charge < -0.3 is 10.1 Å². The van der Waals surface area contributed by atoms with E-state index in [0.29, 0.717) is 18.4 Å². The Hall–Kier alpha value is -2.89. The minimum absolute atomic E-state index is 0.0912. The molecule has 2 aromatic carbocycles. The predicted molar refractivity (Wildman–Crippen MR) is 118 cm³/mol. The van der Waals surface area contributed by atoms with Crippen LogP contribution in [0, 0.1) is 0 Å². The van der Waals surface area contributed by atoms with Crippen molar-refractivity contribution in [2.45, 2.75) is 32.5 Å². The minimum atomic E-state index is -0.0912. The van der Waals surface area contributed by atoms with Gasteiger partial charge in [0.25, 0.3) is 5.56 Å². The highest BCUT2D eigenvalue weighted by Gasteiger charge is 2.19. The summed E-state index contributed by atoms with van der Waals surface area (Å²) in [7, 11) is 0. The number of rotatable bonds is 4. The molecule has 3 heterocycles. The predicted octanol–water partition coefficient (Wildman–Crippen LogP) is 4.67. The molecule has 0 spiro atoms. The molecule has 1 aliphatic heterocycles. The van der Waals surface area contributed by atoms with E-state index in [1.165, 1.54) is 20.5 Å². The van der Waals surface area contributed by atoms with E-state index in [0.717, 1.165) is 24.2 Å². The largest absolute Gasteiger partial charge is 0.489 e. The smallest absolute Gasteiger partial charge is 0.258 e. The highest BCUT2D eigenvalue weighted by Crippen LogP contribution is 2.35. The zero-order valence-corrected chi connectivity index (χ0v) is 17.0. The van der Waals surface area contributed by atoms with Crippen molar-refractivity contribution >= 4 is 21.4 Å². The molecule has 4 aromatic rings. The Morgan fingerprint density at radius 2 is 2.00 bits per heavy atom. The summed E-state index contributed by atoms with van der Waals surface area (Å²) in [4.78, 5) is 14.2. The van der Waals surface area contributed by atoms with Gasteiger partial charge >= 0.3 is 0 Å². The molecule has 0 bridgehead atoms. The molecule has 2 aromatic heterocycles. The molecule has 0 radical (unpaired) electrons. The van der Waals surface area contributed by atoms with Crippen LogP contribution >= 0.6 is 11.3 Å². The van der Waals surface area contributed by atoms with Crippen molar-refractivity contribution in [2.75, 3.05) is 0 Å². The van der Waals surface area contributed by atoms with Crippen molar-refractivity contribution in [3.63, 3.8) is 0 Å². The number of pyridine rings is 1. The van der Waals surface area contributed by atoms with E-state index in [1.807, 2.05) is 53.8 Å². The Morgan fingerprint density at radius 1 is 1.14 bits per heavy atom. The molecule has 1 atom stereocenters. The first kappa shape index (κ1) is 18.2. The highest BCUT2D eigenvalue weighted by atomic mass is 32.1. The van der Waals surface area contributed by atoms with Crippen LogP contribution in [0.5, 0.6) is 5.75 Å². The molecule has 146 valence electrons. The second kappa shape index (κ2) is 7.50. The fourth-order valence-corrected chi connectivity index (χ4v) is 5.21. The van der Waals surface area contributed by atoms with Gasteiger partial charge in [-0.15, -0.1) is 11.3 Å². The average molecular weight is 403 g/mol. The van der Waals surface area contributed by atoms with Gasteiger partial charge in [0.05, 0.1) is 5.69 Å². The van der Waals surface area contributed by atoms with Crippen LogP contribution in [0.15, 0.2) is 71.7 Å². The standard InChI is InChI=1S/C24H22N2O2S/c1-16-11-22-21(14-25-16)20-8-7-18(12-23(20)29-22)26-10-9-19(13-24(26)27)28-15-17-5-3-2-4-6-17/h2-10,12-13,16,25H,11,14-15H2,1H3. The van der Waals surface area contributed by atoms with Crippen LogP contribution in [-0.2, 0) is 19.6 Å². The molecule has 0 saturated heterocycles. The Bertz CT molecular complexity index is 1230. The molecule has 5 heteroatoms. The van der Waals surface area contributed by atoms with Gasteiger partial charge in [0.2, 0.25) is 0 Å². The molecule has 0 amide bonds. The maximum Gasteiger partial charge on any atom is 0.258 e. The molecule has 0 saturated carbocycles. The number of aromatic nitrogens is 1. The number of fused-ring (bicyclic) bond motifs is 3. The quantitative estimate of drug-likeness (QED) is 0.540. The maximum absolute atomic E-state index is 12.7. The van der Waals surface area contributed by atoms with Crippen LogP contribution in [0.25, 0.3) is 15.8 Å². The summed E-state index contributed by atoms with van der Waals surface area (Å²) in [5.74, 6) is 0.586. The number of hydrogen-bond acceptors (Lipinski definition) is 4. The van der Waals surface area contributed by atoms with Gasteiger partial charge in [-0.25, -0.2) is 0 Å². The number of ether oxygens (including phenoxy) is 1. The molecular formula is C24H22N2O2S. The first-order valence-corrected chi connectivity index (χ1v) is 10.7. The number of nitrogens with one attached hydrogen (secondary N) is 1. The van der Waals surface area contributed by atoms with E-state index in [-0.39, 0.29) is 5.56 Å². The van der Waals surface area contributed by atoms with E-state index in [2.05, 4.69) is 24.4 Å². The second-order valence-corrected chi connectivity index (χ2v) is 8.65. The monoisotopic (exact) mass is 402 g/mol. The molecule has 29 heavy (non-hydrogen) atoms. The minimum Gasteiger partial charge on any atom is -0.489 e. The summed E-state index contributed by atoms with van der Waals surface area (Å²) in [6.07, 6.45) is 2.86. The van der Waals surface area contributed by atoms with E-state index in [9.17, 15) is 4.79 Å². The Morgan fingerprint density at radius 3 is 2.83 bits per heavy atom. The molecular weight excluding hydrogens is 380 g/mol.